The molecule has 0 spiro atoms. The van der Waals surface area contributed by atoms with Crippen LogP contribution in [0, 0.1) is 6.92 Å². The molecule has 0 unspecified atom stereocenters. The van der Waals surface area contributed by atoms with Crippen molar-refractivity contribution in [1.29, 1.82) is 0 Å². The predicted octanol–water partition coefficient (Wildman–Crippen LogP) is 1.49. The molecule has 158 valence electrons. The Bertz CT molecular complexity index is 872. The van der Waals surface area contributed by atoms with Gasteiger partial charge in [0, 0.05) is 19.4 Å². The van der Waals surface area contributed by atoms with Gasteiger partial charge in [0.05, 0.1) is 0 Å². The third kappa shape index (κ3) is 9.16. The van der Waals surface area contributed by atoms with Gasteiger partial charge in [0.15, 0.2) is 11.7 Å². The first-order chi connectivity index (χ1) is 14.4. The van der Waals surface area contributed by atoms with E-state index >= 15 is 0 Å². The zero-order valence-electron chi connectivity index (χ0n) is 16.6. The Kier molecular flexibility index (Phi) is 9.26. The normalized spacial score (nSPS) is 9.90. The number of hydrogen-bond donors (Lipinski definition) is 4. The lowest BCUT2D eigenvalue weighted by Crippen LogP contribution is -2.49. The molecule has 8 nitrogen and oxygen atoms in total. The van der Waals surface area contributed by atoms with Gasteiger partial charge in [-0.05, 0) is 36.8 Å². The van der Waals surface area contributed by atoms with E-state index in [2.05, 4.69) is 21.5 Å². The fraction of sp³-hybridized carbons (Fsp3) is 0.238. The van der Waals surface area contributed by atoms with E-state index < -0.39 is 11.8 Å². The van der Waals surface area contributed by atoms with Crippen LogP contribution in [0.1, 0.15) is 24.0 Å². The highest BCUT2D eigenvalue weighted by Crippen LogP contribution is 2.10. The second-order valence-corrected chi connectivity index (χ2v) is 6.82. The number of nitrogens with one attached hydrogen (secondary N) is 4. The molecule has 30 heavy (non-hydrogen) atoms. The number of amides is 3. The van der Waals surface area contributed by atoms with Crippen molar-refractivity contribution < 1.29 is 19.1 Å². The number of benzene rings is 2. The van der Waals surface area contributed by atoms with Crippen molar-refractivity contribution in [3.05, 3.63) is 65.7 Å². The molecule has 0 aliphatic carbocycles. The summed E-state index contributed by atoms with van der Waals surface area (Å²) < 4.78 is 5.34. The molecule has 0 bridgehead atoms. The highest BCUT2D eigenvalue weighted by Gasteiger charge is 2.09. The first kappa shape index (κ1) is 22.8. The SMILES string of the molecule is Cc1ccc(OCC(=O)NC(=S)NNC(=O)CCC(=O)NCc2ccccc2)cc1. The molecule has 0 aromatic heterocycles. The fourth-order valence-corrected chi connectivity index (χ4v) is 2.44. The minimum atomic E-state index is -0.470. The molecule has 0 aliphatic heterocycles. The van der Waals surface area contributed by atoms with Crippen LogP contribution in [-0.4, -0.2) is 29.4 Å². The topological polar surface area (TPSA) is 109 Å². The van der Waals surface area contributed by atoms with Crippen LogP contribution in [0.15, 0.2) is 54.6 Å². The lowest BCUT2D eigenvalue weighted by atomic mass is 10.2. The zero-order valence-corrected chi connectivity index (χ0v) is 17.4. The molecular weight excluding hydrogens is 404 g/mol. The smallest absolute Gasteiger partial charge is 0.264 e. The van der Waals surface area contributed by atoms with Gasteiger partial charge in [0.2, 0.25) is 11.8 Å². The fourth-order valence-electron chi connectivity index (χ4n) is 2.28. The summed E-state index contributed by atoms with van der Waals surface area (Å²) in [7, 11) is 0. The summed E-state index contributed by atoms with van der Waals surface area (Å²) in [5.74, 6) is -0.577. The Balaban J connectivity index is 1.57. The molecule has 0 fully saturated rings. The third-order valence-electron chi connectivity index (χ3n) is 3.87. The van der Waals surface area contributed by atoms with Crippen LogP contribution in [0.3, 0.4) is 0 Å². The van der Waals surface area contributed by atoms with Crippen LogP contribution in [0.4, 0.5) is 0 Å². The Morgan fingerprint density at radius 2 is 1.53 bits per heavy atom. The van der Waals surface area contributed by atoms with E-state index in [1.807, 2.05) is 49.4 Å². The van der Waals surface area contributed by atoms with E-state index in [-0.39, 0.29) is 30.5 Å². The molecule has 0 aliphatic rings. The zero-order chi connectivity index (χ0) is 21.8. The summed E-state index contributed by atoms with van der Waals surface area (Å²) in [4.78, 5) is 35.4. The first-order valence-corrected chi connectivity index (χ1v) is 9.72. The molecule has 4 N–H and O–H groups in total. The van der Waals surface area contributed by atoms with E-state index in [4.69, 9.17) is 17.0 Å². The minimum Gasteiger partial charge on any atom is -0.484 e. The van der Waals surface area contributed by atoms with Crippen LogP contribution in [0.25, 0.3) is 0 Å². The van der Waals surface area contributed by atoms with Crippen molar-refractivity contribution in [3.8, 4) is 5.75 Å². The lowest BCUT2D eigenvalue weighted by Gasteiger charge is -2.11. The highest BCUT2D eigenvalue weighted by atomic mass is 32.1. The van der Waals surface area contributed by atoms with Crippen LogP contribution < -0.4 is 26.2 Å². The second-order valence-electron chi connectivity index (χ2n) is 6.41. The molecule has 0 heterocycles. The van der Waals surface area contributed by atoms with Crippen LogP contribution in [0.2, 0.25) is 0 Å². The molecule has 0 atom stereocenters. The summed E-state index contributed by atoms with van der Waals surface area (Å²) in [5.41, 5.74) is 6.81. The van der Waals surface area contributed by atoms with Crippen molar-refractivity contribution in [1.82, 2.24) is 21.5 Å². The lowest BCUT2D eigenvalue weighted by molar-refractivity contribution is -0.126. The Hall–Kier alpha value is -3.46. The molecule has 2 aromatic rings. The molecule has 0 radical (unpaired) electrons. The Morgan fingerprint density at radius 1 is 0.867 bits per heavy atom. The Morgan fingerprint density at radius 3 is 2.23 bits per heavy atom. The van der Waals surface area contributed by atoms with Gasteiger partial charge in [-0.1, -0.05) is 48.0 Å². The number of hydrazine groups is 1. The number of carbonyl (C=O) groups excluding carboxylic acids is 3. The van der Waals surface area contributed by atoms with Gasteiger partial charge in [-0.2, -0.15) is 0 Å². The standard InChI is InChI=1S/C21H24N4O4S/c1-15-7-9-17(10-8-15)29-14-20(28)23-21(30)25-24-19(27)12-11-18(26)22-13-16-5-3-2-4-6-16/h2-10H,11-14H2,1H3,(H,22,26)(H,24,27)(H2,23,25,28,30). The predicted molar refractivity (Wildman–Crippen MR) is 116 cm³/mol. The quantitative estimate of drug-likeness (QED) is 0.375. The molecule has 2 rings (SSSR count). The maximum absolute atomic E-state index is 11.8. The number of aryl methyl sites for hydroxylation is 1. The van der Waals surface area contributed by atoms with Crippen molar-refractivity contribution in [2.24, 2.45) is 0 Å². The van der Waals surface area contributed by atoms with Gasteiger partial charge in [0.25, 0.3) is 5.91 Å². The van der Waals surface area contributed by atoms with Crippen molar-refractivity contribution in [2.75, 3.05) is 6.61 Å². The molecule has 3 amide bonds. The Labute approximate surface area is 180 Å². The van der Waals surface area contributed by atoms with Crippen LogP contribution in [-0.2, 0) is 20.9 Å². The van der Waals surface area contributed by atoms with E-state index in [0.29, 0.717) is 12.3 Å². The number of rotatable bonds is 8. The number of thiocarbonyl (C=S) groups is 1. The van der Waals surface area contributed by atoms with Gasteiger partial charge in [-0.15, -0.1) is 0 Å². The van der Waals surface area contributed by atoms with E-state index in [0.717, 1.165) is 11.1 Å². The molecule has 2 aromatic carbocycles. The highest BCUT2D eigenvalue weighted by molar-refractivity contribution is 7.80. The van der Waals surface area contributed by atoms with Crippen LogP contribution in [0.5, 0.6) is 5.75 Å². The summed E-state index contributed by atoms with van der Waals surface area (Å²) >= 11 is 4.94. The number of carbonyl (C=O) groups is 3. The second kappa shape index (κ2) is 12.2. The summed E-state index contributed by atoms with van der Waals surface area (Å²) in [6.45, 7) is 2.13. The monoisotopic (exact) mass is 428 g/mol. The maximum atomic E-state index is 11.8. The van der Waals surface area contributed by atoms with Crippen molar-refractivity contribution in [2.45, 2.75) is 26.3 Å². The number of ether oxygens (including phenoxy) is 1. The minimum absolute atomic E-state index is 0.0271. The van der Waals surface area contributed by atoms with Gasteiger partial charge >= 0.3 is 0 Å². The maximum Gasteiger partial charge on any atom is 0.264 e. The van der Waals surface area contributed by atoms with Gasteiger partial charge in [0.1, 0.15) is 5.75 Å². The van der Waals surface area contributed by atoms with Crippen LogP contribution >= 0.6 is 12.2 Å². The average molecular weight is 429 g/mol. The first-order valence-electron chi connectivity index (χ1n) is 9.31. The van der Waals surface area contributed by atoms with Crippen molar-refractivity contribution >= 4 is 35.1 Å². The molecular formula is C21H24N4O4S. The summed E-state index contributed by atoms with van der Waals surface area (Å²) in [6.07, 6.45) is 0.00454. The summed E-state index contributed by atoms with van der Waals surface area (Å²) in [5, 5.41) is 5.05. The molecule has 9 heteroatoms. The van der Waals surface area contributed by atoms with E-state index in [9.17, 15) is 14.4 Å². The van der Waals surface area contributed by atoms with Gasteiger partial charge in [-0.25, -0.2) is 0 Å². The van der Waals surface area contributed by atoms with E-state index in [1.165, 1.54) is 0 Å². The summed E-state index contributed by atoms with van der Waals surface area (Å²) in [6, 6.07) is 16.7. The van der Waals surface area contributed by atoms with E-state index in [1.54, 1.807) is 12.1 Å². The third-order valence-corrected chi connectivity index (χ3v) is 4.08. The van der Waals surface area contributed by atoms with Gasteiger partial charge < -0.3 is 10.1 Å². The molecule has 0 saturated heterocycles. The average Bonchev–Trinajstić information content (AvgIpc) is 2.75. The largest absolute Gasteiger partial charge is 0.484 e. The molecule has 0 saturated carbocycles. The number of hydrogen-bond acceptors (Lipinski definition) is 5. The van der Waals surface area contributed by atoms with Crippen molar-refractivity contribution in [3.63, 3.8) is 0 Å². The van der Waals surface area contributed by atoms with Gasteiger partial charge in [-0.3, -0.25) is 30.6 Å².